The molecule has 39 heavy (non-hydrogen) atoms. The maximum absolute atomic E-state index is 5.84. The maximum Gasteiger partial charge on any atom is 0.180 e. The van der Waals surface area contributed by atoms with E-state index in [2.05, 4.69) is 25.8 Å². The number of ether oxygens (including phenoxy) is 2. The number of hydrogen-bond donors (Lipinski definition) is 0. The fraction of sp³-hybridized carbons (Fsp3) is 0.355. The molecule has 1 fully saturated rings. The third-order valence-electron chi connectivity index (χ3n) is 6.93. The van der Waals surface area contributed by atoms with Crippen LogP contribution in [0.2, 0.25) is 0 Å². The largest absolute Gasteiger partial charge is 0.497 e. The zero-order valence-corrected chi connectivity index (χ0v) is 22.6. The summed E-state index contributed by atoms with van der Waals surface area (Å²) in [4.78, 5) is 23.6. The molecule has 0 unspecified atom stereocenters. The summed E-state index contributed by atoms with van der Waals surface area (Å²) in [5, 5.41) is 0. The van der Waals surface area contributed by atoms with Crippen LogP contribution in [0.3, 0.4) is 0 Å². The summed E-state index contributed by atoms with van der Waals surface area (Å²) < 4.78 is 11.0. The van der Waals surface area contributed by atoms with Crippen molar-refractivity contribution in [2.75, 3.05) is 51.3 Å². The minimum atomic E-state index is 0.632. The summed E-state index contributed by atoms with van der Waals surface area (Å²) in [7, 11) is 1.67. The van der Waals surface area contributed by atoms with Gasteiger partial charge in [0, 0.05) is 44.6 Å². The van der Waals surface area contributed by atoms with Gasteiger partial charge < -0.3 is 14.4 Å². The molecule has 1 saturated heterocycles. The molecule has 1 aromatic carbocycles. The molecule has 1 aliphatic rings. The molecule has 0 aliphatic carbocycles. The predicted molar refractivity (Wildman–Crippen MR) is 154 cm³/mol. The van der Waals surface area contributed by atoms with E-state index in [4.69, 9.17) is 19.4 Å². The van der Waals surface area contributed by atoms with Gasteiger partial charge in [-0.05, 0) is 67.9 Å². The van der Waals surface area contributed by atoms with E-state index in [9.17, 15) is 0 Å². The van der Waals surface area contributed by atoms with Crippen molar-refractivity contribution in [2.45, 2.75) is 25.7 Å². The van der Waals surface area contributed by atoms with Gasteiger partial charge in [-0.1, -0.05) is 25.0 Å². The highest BCUT2D eigenvalue weighted by Crippen LogP contribution is 2.25. The van der Waals surface area contributed by atoms with Crippen molar-refractivity contribution in [1.82, 2.24) is 24.8 Å². The Kier molecular flexibility index (Phi) is 9.31. The molecule has 0 atom stereocenters. The van der Waals surface area contributed by atoms with Crippen molar-refractivity contribution in [1.29, 1.82) is 0 Å². The van der Waals surface area contributed by atoms with Crippen molar-refractivity contribution in [2.24, 2.45) is 0 Å². The molecule has 4 aromatic rings. The highest BCUT2D eigenvalue weighted by Gasteiger charge is 2.20. The number of unbranched alkanes of at least 4 members (excludes halogenated alkanes) is 3. The lowest BCUT2D eigenvalue weighted by Crippen LogP contribution is -2.47. The molecule has 0 spiro atoms. The van der Waals surface area contributed by atoms with E-state index in [1.165, 1.54) is 19.3 Å². The number of aromatic nitrogens is 4. The highest BCUT2D eigenvalue weighted by atomic mass is 16.5. The van der Waals surface area contributed by atoms with Crippen LogP contribution >= 0.6 is 0 Å². The van der Waals surface area contributed by atoms with Crippen molar-refractivity contribution in [3.63, 3.8) is 0 Å². The smallest absolute Gasteiger partial charge is 0.180 e. The van der Waals surface area contributed by atoms with Gasteiger partial charge in [0.25, 0.3) is 0 Å². The fourth-order valence-corrected chi connectivity index (χ4v) is 4.71. The first-order chi connectivity index (χ1) is 19.3. The molecule has 5 rings (SSSR count). The van der Waals surface area contributed by atoms with E-state index in [0.29, 0.717) is 5.82 Å². The molecule has 3 aromatic heterocycles. The summed E-state index contributed by atoms with van der Waals surface area (Å²) in [6, 6.07) is 21.5. The summed E-state index contributed by atoms with van der Waals surface area (Å²) >= 11 is 0. The SMILES string of the molecule is COc1ccc(OCCCCCCN2CCN(c3cc(-c4ccccn4)nc(-c4ccccn4)n3)CC2)cc1. The summed E-state index contributed by atoms with van der Waals surface area (Å²) in [5.74, 6) is 3.32. The van der Waals surface area contributed by atoms with Crippen LogP contribution in [0.25, 0.3) is 22.9 Å². The Morgan fingerprint density at radius 1 is 0.692 bits per heavy atom. The second-order valence-corrected chi connectivity index (χ2v) is 9.63. The van der Waals surface area contributed by atoms with Crippen molar-refractivity contribution in [3.8, 4) is 34.4 Å². The van der Waals surface area contributed by atoms with Crippen molar-refractivity contribution >= 4 is 5.82 Å². The first-order valence-corrected chi connectivity index (χ1v) is 13.7. The Bertz CT molecular complexity index is 1220. The van der Waals surface area contributed by atoms with Gasteiger partial charge in [0.1, 0.15) is 23.0 Å². The lowest BCUT2D eigenvalue weighted by molar-refractivity contribution is 0.249. The number of rotatable bonds is 12. The number of hydrogen-bond acceptors (Lipinski definition) is 8. The van der Waals surface area contributed by atoms with Gasteiger partial charge in [-0.15, -0.1) is 0 Å². The number of nitrogens with zero attached hydrogens (tertiary/aromatic N) is 6. The van der Waals surface area contributed by atoms with Crippen LogP contribution < -0.4 is 14.4 Å². The fourth-order valence-electron chi connectivity index (χ4n) is 4.71. The van der Waals surface area contributed by atoms with Gasteiger partial charge in [-0.25, -0.2) is 9.97 Å². The number of benzene rings is 1. The number of piperazine rings is 1. The second-order valence-electron chi connectivity index (χ2n) is 9.63. The van der Waals surface area contributed by atoms with Gasteiger partial charge in [-0.2, -0.15) is 0 Å². The van der Waals surface area contributed by atoms with Gasteiger partial charge in [0.05, 0.1) is 25.1 Å². The van der Waals surface area contributed by atoms with Gasteiger partial charge in [0.15, 0.2) is 5.82 Å². The third kappa shape index (κ3) is 7.51. The molecule has 202 valence electrons. The molecule has 0 saturated carbocycles. The van der Waals surface area contributed by atoms with Gasteiger partial charge in [-0.3, -0.25) is 14.9 Å². The third-order valence-corrected chi connectivity index (χ3v) is 6.93. The van der Waals surface area contributed by atoms with Crippen LogP contribution in [-0.4, -0.2) is 71.3 Å². The molecular weight excluding hydrogens is 488 g/mol. The van der Waals surface area contributed by atoms with Crippen molar-refractivity contribution < 1.29 is 9.47 Å². The van der Waals surface area contributed by atoms with Crippen LogP contribution in [0, 0.1) is 0 Å². The molecule has 0 amide bonds. The van der Waals surface area contributed by atoms with E-state index < -0.39 is 0 Å². The number of pyridine rings is 2. The predicted octanol–water partition coefficient (Wildman–Crippen LogP) is 5.37. The minimum absolute atomic E-state index is 0.632. The minimum Gasteiger partial charge on any atom is -0.497 e. The molecule has 4 heterocycles. The van der Waals surface area contributed by atoms with Gasteiger partial charge in [0.2, 0.25) is 0 Å². The maximum atomic E-state index is 5.84. The average molecular weight is 525 g/mol. The van der Waals surface area contributed by atoms with E-state index in [1.54, 1.807) is 19.5 Å². The van der Waals surface area contributed by atoms with E-state index in [1.807, 2.05) is 60.7 Å². The lowest BCUT2D eigenvalue weighted by Gasteiger charge is -2.35. The van der Waals surface area contributed by atoms with Crippen LogP contribution in [0.1, 0.15) is 25.7 Å². The first-order valence-electron chi connectivity index (χ1n) is 13.7. The topological polar surface area (TPSA) is 76.5 Å². The first kappa shape index (κ1) is 26.6. The molecule has 8 heteroatoms. The molecule has 1 aliphatic heterocycles. The number of anilines is 1. The zero-order valence-electron chi connectivity index (χ0n) is 22.6. The summed E-state index contributed by atoms with van der Waals surface area (Å²) in [6.45, 7) is 5.83. The average Bonchev–Trinajstić information content (AvgIpc) is 3.02. The lowest BCUT2D eigenvalue weighted by atomic mass is 10.2. The van der Waals surface area contributed by atoms with Crippen LogP contribution in [0.15, 0.2) is 79.1 Å². The summed E-state index contributed by atoms with van der Waals surface area (Å²) in [5.41, 5.74) is 2.43. The number of methoxy groups -OCH3 is 1. The van der Waals surface area contributed by atoms with Crippen molar-refractivity contribution in [3.05, 3.63) is 79.1 Å². The van der Waals surface area contributed by atoms with E-state index >= 15 is 0 Å². The molecule has 0 N–H and O–H groups in total. The Morgan fingerprint density at radius 2 is 1.38 bits per heavy atom. The quantitative estimate of drug-likeness (QED) is 0.229. The molecule has 0 bridgehead atoms. The zero-order chi connectivity index (χ0) is 26.7. The van der Waals surface area contributed by atoms with Crippen LogP contribution in [0.5, 0.6) is 11.5 Å². The standard InChI is InChI=1S/C31H36N6O2/c1-38-25-12-14-26(15-13-25)39-23-9-3-2-8-18-36-19-21-37(22-20-36)30-24-29(27-10-4-6-16-32-27)34-31(35-30)28-11-5-7-17-33-28/h4-7,10-17,24H,2-3,8-9,18-23H2,1H3. The molecular formula is C31H36N6O2. The molecule has 0 radical (unpaired) electrons. The Hall–Kier alpha value is -4.04. The van der Waals surface area contributed by atoms with Crippen LogP contribution in [-0.2, 0) is 0 Å². The Labute approximate surface area is 230 Å². The van der Waals surface area contributed by atoms with Gasteiger partial charge >= 0.3 is 0 Å². The normalized spacial score (nSPS) is 13.8. The highest BCUT2D eigenvalue weighted by molar-refractivity contribution is 5.64. The monoisotopic (exact) mass is 524 g/mol. The Morgan fingerprint density at radius 3 is 2.08 bits per heavy atom. The molecule has 8 nitrogen and oxygen atoms in total. The van der Waals surface area contributed by atoms with Crippen LogP contribution in [0.4, 0.5) is 5.82 Å². The Balaban J connectivity index is 1.08. The summed E-state index contributed by atoms with van der Waals surface area (Å²) in [6.07, 6.45) is 8.26. The van der Waals surface area contributed by atoms with E-state index in [0.717, 1.165) is 80.2 Å². The van der Waals surface area contributed by atoms with E-state index in [-0.39, 0.29) is 0 Å². The second kappa shape index (κ2) is 13.7.